The van der Waals surface area contributed by atoms with Crippen LogP contribution in [-0.4, -0.2) is 5.76 Å². The second kappa shape index (κ2) is 6.55. The Morgan fingerprint density at radius 2 is 2.05 bits per heavy atom. The summed E-state index contributed by atoms with van der Waals surface area (Å²) in [5, 5.41) is 13.7. The third-order valence-corrected chi connectivity index (χ3v) is 3.99. The van der Waals surface area contributed by atoms with Gasteiger partial charge in [-0.3, -0.25) is 0 Å². The third kappa shape index (κ3) is 4.23. The van der Waals surface area contributed by atoms with Gasteiger partial charge < -0.3 is 5.32 Å². The molecule has 1 aromatic heterocycles. The van der Waals surface area contributed by atoms with Crippen LogP contribution in [0, 0.1) is 11.3 Å². The Morgan fingerprint density at radius 3 is 2.63 bits per heavy atom. The molecule has 0 aliphatic rings. The number of nitrogens with zero attached hydrogens (tertiary/aromatic N) is 1. The summed E-state index contributed by atoms with van der Waals surface area (Å²) in [5.41, 5.74) is 1.52. The molecular formula is C13H10F2N2S2. The average Bonchev–Trinajstić information content (AvgIpc) is 2.85. The van der Waals surface area contributed by atoms with Gasteiger partial charge in [-0.25, -0.2) is 0 Å². The molecule has 0 saturated carbocycles. The minimum absolute atomic E-state index is 0.533. The average molecular weight is 296 g/mol. The van der Waals surface area contributed by atoms with Crippen molar-refractivity contribution in [3.63, 3.8) is 0 Å². The minimum Gasteiger partial charge on any atom is -0.380 e. The largest absolute Gasteiger partial charge is 0.380 e. The van der Waals surface area contributed by atoms with E-state index >= 15 is 0 Å². The first-order chi connectivity index (χ1) is 9.17. The summed E-state index contributed by atoms with van der Waals surface area (Å²) in [5.74, 6) is -2.39. The maximum absolute atomic E-state index is 12.1. The summed E-state index contributed by atoms with van der Waals surface area (Å²) in [6, 6.07) is 10.8. The van der Waals surface area contributed by atoms with Gasteiger partial charge >= 0.3 is 0 Å². The SMILES string of the molecule is N#Cc1csc(CNc2ccc(SC(F)F)cc2)c1. The number of hydrogen-bond acceptors (Lipinski definition) is 4. The van der Waals surface area contributed by atoms with E-state index in [0.717, 1.165) is 10.6 Å². The van der Waals surface area contributed by atoms with Gasteiger partial charge in [-0.1, -0.05) is 11.8 Å². The number of alkyl halides is 2. The fourth-order valence-corrected chi connectivity index (χ4v) is 2.72. The van der Waals surface area contributed by atoms with Crippen LogP contribution in [0.3, 0.4) is 0 Å². The number of halogens is 2. The molecule has 6 heteroatoms. The first-order valence-electron chi connectivity index (χ1n) is 5.43. The van der Waals surface area contributed by atoms with Crippen molar-refractivity contribution in [3.8, 4) is 6.07 Å². The number of nitrogens with one attached hydrogen (secondary N) is 1. The highest BCUT2D eigenvalue weighted by molar-refractivity contribution is 7.99. The quantitative estimate of drug-likeness (QED) is 0.822. The van der Waals surface area contributed by atoms with Crippen LogP contribution in [0.15, 0.2) is 40.6 Å². The Labute approximate surface area is 118 Å². The maximum Gasteiger partial charge on any atom is 0.288 e. The van der Waals surface area contributed by atoms with Crippen LogP contribution in [-0.2, 0) is 6.54 Å². The van der Waals surface area contributed by atoms with Gasteiger partial charge in [0.25, 0.3) is 5.76 Å². The Bertz CT molecular complexity index is 573. The van der Waals surface area contributed by atoms with Crippen LogP contribution < -0.4 is 5.32 Å². The molecule has 0 saturated heterocycles. The third-order valence-electron chi connectivity index (χ3n) is 2.33. The van der Waals surface area contributed by atoms with Gasteiger partial charge in [0, 0.05) is 27.4 Å². The molecule has 2 aromatic rings. The van der Waals surface area contributed by atoms with Crippen LogP contribution in [0.2, 0.25) is 0 Å². The molecule has 0 fully saturated rings. The zero-order chi connectivity index (χ0) is 13.7. The van der Waals surface area contributed by atoms with Gasteiger partial charge in [0.2, 0.25) is 0 Å². The van der Waals surface area contributed by atoms with Crippen molar-refractivity contribution in [2.24, 2.45) is 0 Å². The number of hydrogen-bond donors (Lipinski definition) is 1. The second-order valence-electron chi connectivity index (χ2n) is 3.67. The molecule has 1 aromatic carbocycles. The standard InChI is InChI=1S/C13H10F2N2S2/c14-13(15)19-11-3-1-10(2-4-11)17-7-12-5-9(6-16)8-18-12/h1-5,8,13,17H,7H2. The normalized spacial score (nSPS) is 10.4. The Balaban J connectivity index is 1.91. The van der Waals surface area contributed by atoms with Crippen molar-refractivity contribution >= 4 is 28.8 Å². The lowest BCUT2D eigenvalue weighted by molar-refractivity contribution is 0.252. The molecule has 0 spiro atoms. The highest BCUT2D eigenvalue weighted by atomic mass is 32.2. The molecule has 2 rings (SSSR count). The van der Waals surface area contributed by atoms with E-state index in [1.54, 1.807) is 29.6 Å². The number of rotatable bonds is 5. The predicted octanol–water partition coefficient (Wildman–Crippen LogP) is 4.55. The molecule has 0 atom stereocenters. The topological polar surface area (TPSA) is 35.8 Å². The van der Waals surface area contributed by atoms with Crippen molar-refractivity contribution in [3.05, 3.63) is 46.2 Å². The molecule has 0 radical (unpaired) electrons. The summed E-state index contributed by atoms with van der Waals surface area (Å²) >= 11 is 2.05. The van der Waals surface area contributed by atoms with Crippen molar-refractivity contribution in [1.82, 2.24) is 0 Å². The fraction of sp³-hybridized carbons (Fsp3) is 0.154. The Morgan fingerprint density at radius 1 is 1.32 bits per heavy atom. The van der Waals surface area contributed by atoms with Crippen LogP contribution in [0.4, 0.5) is 14.5 Å². The Kier molecular flexibility index (Phi) is 4.77. The molecule has 1 heterocycles. The molecule has 0 aliphatic heterocycles. The zero-order valence-corrected chi connectivity index (χ0v) is 11.4. The maximum atomic E-state index is 12.1. The molecule has 0 bridgehead atoms. The van der Waals surface area contributed by atoms with E-state index in [1.807, 2.05) is 6.07 Å². The predicted molar refractivity (Wildman–Crippen MR) is 74.7 cm³/mol. The summed E-state index contributed by atoms with van der Waals surface area (Å²) in [7, 11) is 0. The fourth-order valence-electron chi connectivity index (χ4n) is 1.48. The summed E-state index contributed by atoms with van der Waals surface area (Å²) in [6.07, 6.45) is 0. The van der Waals surface area contributed by atoms with E-state index in [4.69, 9.17) is 5.26 Å². The van der Waals surface area contributed by atoms with Crippen LogP contribution in [0.1, 0.15) is 10.4 Å². The molecule has 0 amide bonds. The summed E-state index contributed by atoms with van der Waals surface area (Å²) in [4.78, 5) is 1.60. The lowest BCUT2D eigenvalue weighted by Gasteiger charge is -2.06. The first kappa shape index (κ1) is 13.8. The van der Waals surface area contributed by atoms with E-state index in [1.165, 1.54) is 11.3 Å². The van der Waals surface area contributed by atoms with Crippen LogP contribution in [0.25, 0.3) is 0 Å². The monoisotopic (exact) mass is 296 g/mol. The highest BCUT2D eigenvalue weighted by Gasteiger charge is 2.05. The number of thioether (sulfide) groups is 1. The zero-order valence-electron chi connectivity index (χ0n) is 9.77. The summed E-state index contributed by atoms with van der Waals surface area (Å²) < 4.78 is 24.3. The van der Waals surface area contributed by atoms with Crippen LogP contribution >= 0.6 is 23.1 Å². The molecule has 2 nitrogen and oxygen atoms in total. The van der Waals surface area contributed by atoms with Crippen molar-refractivity contribution < 1.29 is 8.78 Å². The smallest absolute Gasteiger partial charge is 0.288 e. The van der Waals surface area contributed by atoms with Gasteiger partial charge in [-0.15, -0.1) is 11.3 Å². The minimum atomic E-state index is -2.39. The molecule has 19 heavy (non-hydrogen) atoms. The van der Waals surface area contributed by atoms with E-state index in [-0.39, 0.29) is 0 Å². The van der Waals surface area contributed by atoms with E-state index < -0.39 is 5.76 Å². The molecular weight excluding hydrogens is 286 g/mol. The van der Waals surface area contributed by atoms with Crippen molar-refractivity contribution in [2.75, 3.05) is 5.32 Å². The summed E-state index contributed by atoms with van der Waals surface area (Å²) in [6.45, 7) is 0.619. The molecule has 98 valence electrons. The molecule has 1 N–H and O–H groups in total. The Hall–Kier alpha value is -1.58. The van der Waals surface area contributed by atoms with Crippen LogP contribution in [0.5, 0.6) is 0 Å². The molecule has 0 unspecified atom stereocenters. The number of anilines is 1. The first-order valence-corrected chi connectivity index (χ1v) is 7.19. The van der Waals surface area contributed by atoms with Crippen molar-refractivity contribution in [2.45, 2.75) is 17.2 Å². The number of nitriles is 1. The number of thiophene rings is 1. The van der Waals surface area contributed by atoms with Gasteiger partial charge in [0.15, 0.2) is 0 Å². The molecule has 0 aliphatic carbocycles. The van der Waals surface area contributed by atoms with E-state index in [9.17, 15) is 8.78 Å². The second-order valence-corrected chi connectivity index (χ2v) is 5.73. The number of benzene rings is 1. The van der Waals surface area contributed by atoms with E-state index in [2.05, 4.69) is 11.4 Å². The van der Waals surface area contributed by atoms with Gasteiger partial charge in [-0.2, -0.15) is 14.0 Å². The van der Waals surface area contributed by atoms with Gasteiger partial charge in [0.05, 0.1) is 5.56 Å². The van der Waals surface area contributed by atoms with Gasteiger partial charge in [0.1, 0.15) is 6.07 Å². The lowest BCUT2D eigenvalue weighted by atomic mass is 10.3. The van der Waals surface area contributed by atoms with Crippen molar-refractivity contribution in [1.29, 1.82) is 5.26 Å². The van der Waals surface area contributed by atoms with E-state index in [0.29, 0.717) is 28.8 Å². The lowest BCUT2D eigenvalue weighted by Crippen LogP contribution is -1.96. The highest BCUT2D eigenvalue weighted by Crippen LogP contribution is 2.26. The van der Waals surface area contributed by atoms with Gasteiger partial charge in [-0.05, 0) is 30.3 Å².